The van der Waals surface area contributed by atoms with Gasteiger partial charge in [-0.05, 0) is 18.3 Å². The van der Waals surface area contributed by atoms with Crippen molar-refractivity contribution in [2.24, 2.45) is 5.41 Å². The molecule has 96 valence electrons. The molecule has 0 aromatic carbocycles. The minimum Gasteiger partial charge on any atom is -0.263 e. The van der Waals surface area contributed by atoms with Crippen molar-refractivity contribution in [1.29, 1.82) is 0 Å². The third kappa shape index (κ3) is 3.35. The summed E-state index contributed by atoms with van der Waals surface area (Å²) in [7, 11) is -5.44. The van der Waals surface area contributed by atoms with Crippen molar-refractivity contribution in [2.75, 3.05) is 6.61 Å². The summed E-state index contributed by atoms with van der Waals surface area (Å²) in [6.07, 6.45) is 4.28. The van der Waals surface area contributed by atoms with E-state index in [0.717, 1.165) is 19.3 Å². The van der Waals surface area contributed by atoms with Crippen LogP contribution in [0.15, 0.2) is 0 Å². The van der Waals surface area contributed by atoms with Gasteiger partial charge in [0.1, 0.15) is 0 Å². The molecule has 0 spiro atoms. The first-order chi connectivity index (χ1) is 7.16. The number of rotatable bonds is 3. The van der Waals surface area contributed by atoms with Gasteiger partial charge in [-0.1, -0.05) is 26.2 Å². The number of halogens is 3. The fraction of sp³-hybridized carbons (Fsp3) is 1.00. The summed E-state index contributed by atoms with van der Waals surface area (Å²) in [5.41, 5.74) is -5.77. The van der Waals surface area contributed by atoms with Crippen molar-refractivity contribution in [3.63, 3.8) is 0 Å². The first-order valence-electron chi connectivity index (χ1n) is 5.12. The molecule has 1 rings (SSSR count). The fourth-order valence-electron chi connectivity index (χ4n) is 1.84. The van der Waals surface area contributed by atoms with Gasteiger partial charge in [-0.25, -0.2) is 0 Å². The minimum absolute atomic E-state index is 0.380. The molecule has 7 heteroatoms. The van der Waals surface area contributed by atoms with E-state index < -0.39 is 21.0 Å². The zero-order valence-electron chi connectivity index (χ0n) is 9.01. The Balaban J connectivity index is 2.57. The molecule has 0 amide bonds. The van der Waals surface area contributed by atoms with Crippen LogP contribution in [0.2, 0.25) is 0 Å². The normalized spacial score (nSPS) is 22.0. The highest BCUT2D eigenvalue weighted by Crippen LogP contribution is 2.37. The highest BCUT2D eigenvalue weighted by molar-refractivity contribution is 7.87. The lowest BCUT2D eigenvalue weighted by Gasteiger charge is -2.32. The molecule has 0 aromatic rings. The molecule has 0 saturated heterocycles. The summed E-state index contributed by atoms with van der Waals surface area (Å²) in [5.74, 6) is 0. The maximum absolute atomic E-state index is 12.0. The summed E-state index contributed by atoms with van der Waals surface area (Å²) in [6, 6.07) is 0. The van der Waals surface area contributed by atoms with E-state index in [1.54, 1.807) is 6.92 Å². The molecule has 0 atom stereocenters. The Morgan fingerprint density at radius 1 is 1.19 bits per heavy atom. The Kier molecular flexibility index (Phi) is 3.89. The summed E-state index contributed by atoms with van der Waals surface area (Å²) < 4.78 is 61.5. The van der Waals surface area contributed by atoms with Crippen LogP contribution in [0.1, 0.15) is 39.0 Å². The van der Waals surface area contributed by atoms with Gasteiger partial charge in [0, 0.05) is 0 Å². The number of hydrogen-bond donors (Lipinski definition) is 0. The van der Waals surface area contributed by atoms with Gasteiger partial charge in [0.05, 0.1) is 6.61 Å². The molecule has 0 aromatic heterocycles. The fourth-order valence-corrected chi connectivity index (χ4v) is 2.41. The molecule has 0 aliphatic heterocycles. The van der Waals surface area contributed by atoms with Gasteiger partial charge < -0.3 is 0 Å². The second-order valence-corrected chi connectivity index (χ2v) is 6.14. The predicted octanol–water partition coefficient (Wildman–Crippen LogP) is 2.82. The zero-order valence-corrected chi connectivity index (χ0v) is 9.83. The van der Waals surface area contributed by atoms with Crippen molar-refractivity contribution < 1.29 is 25.8 Å². The van der Waals surface area contributed by atoms with Crippen LogP contribution in [0.25, 0.3) is 0 Å². The van der Waals surface area contributed by atoms with E-state index in [1.807, 2.05) is 0 Å². The van der Waals surface area contributed by atoms with E-state index in [2.05, 4.69) is 4.18 Å². The monoisotopic (exact) mass is 260 g/mol. The Morgan fingerprint density at radius 2 is 1.69 bits per heavy atom. The van der Waals surface area contributed by atoms with Crippen molar-refractivity contribution in [3.05, 3.63) is 0 Å². The topological polar surface area (TPSA) is 43.4 Å². The smallest absolute Gasteiger partial charge is 0.263 e. The summed E-state index contributed by atoms with van der Waals surface area (Å²) in [5, 5.41) is 0. The van der Waals surface area contributed by atoms with E-state index in [-0.39, 0.29) is 6.61 Å². The third-order valence-electron chi connectivity index (χ3n) is 2.91. The van der Waals surface area contributed by atoms with E-state index in [0.29, 0.717) is 12.8 Å². The van der Waals surface area contributed by atoms with Crippen LogP contribution < -0.4 is 0 Å². The molecule has 3 nitrogen and oxygen atoms in total. The van der Waals surface area contributed by atoms with Gasteiger partial charge >= 0.3 is 15.6 Å². The van der Waals surface area contributed by atoms with Crippen molar-refractivity contribution in [1.82, 2.24) is 0 Å². The van der Waals surface area contributed by atoms with Crippen molar-refractivity contribution in [3.8, 4) is 0 Å². The molecule has 1 fully saturated rings. The molecule has 0 bridgehead atoms. The molecule has 1 aliphatic rings. The highest BCUT2D eigenvalue weighted by atomic mass is 32.2. The maximum Gasteiger partial charge on any atom is 0.523 e. The lowest BCUT2D eigenvalue weighted by molar-refractivity contribution is -0.0571. The van der Waals surface area contributed by atoms with E-state index in [1.165, 1.54) is 0 Å². The average molecular weight is 260 g/mol. The summed E-state index contributed by atoms with van der Waals surface area (Å²) in [6.45, 7) is 1.38. The van der Waals surface area contributed by atoms with Crippen LogP contribution in [0.5, 0.6) is 0 Å². The van der Waals surface area contributed by atoms with E-state index in [4.69, 9.17) is 0 Å². The number of hydrogen-bond acceptors (Lipinski definition) is 3. The van der Waals surface area contributed by atoms with Gasteiger partial charge in [0.25, 0.3) is 0 Å². The third-order valence-corrected chi connectivity index (χ3v) is 3.90. The number of alkyl halides is 3. The Labute approximate surface area is 93.1 Å². The molecular weight excluding hydrogens is 245 g/mol. The van der Waals surface area contributed by atoms with Gasteiger partial charge in [-0.3, -0.25) is 4.18 Å². The Hall–Kier alpha value is -0.300. The van der Waals surface area contributed by atoms with Crippen LogP contribution in [0.4, 0.5) is 13.2 Å². The Morgan fingerprint density at radius 3 is 2.12 bits per heavy atom. The molecule has 1 saturated carbocycles. The molecule has 0 heterocycles. The molecule has 0 N–H and O–H groups in total. The van der Waals surface area contributed by atoms with Crippen LogP contribution in [0.3, 0.4) is 0 Å². The lowest BCUT2D eigenvalue weighted by Crippen LogP contribution is -2.32. The SMILES string of the molecule is CC1(COS(=O)(=O)C(F)(F)F)CCCCC1. The van der Waals surface area contributed by atoms with Crippen LogP contribution >= 0.6 is 0 Å². The molecule has 0 radical (unpaired) electrons. The lowest BCUT2D eigenvalue weighted by atomic mass is 9.76. The van der Waals surface area contributed by atoms with Crippen molar-refractivity contribution >= 4 is 10.1 Å². The van der Waals surface area contributed by atoms with Gasteiger partial charge in [0.2, 0.25) is 0 Å². The maximum atomic E-state index is 12.0. The molecule has 1 aliphatic carbocycles. The average Bonchev–Trinajstić information content (AvgIpc) is 2.15. The van der Waals surface area contributed by atoms with E-state index >= 15 is 0 Å². The standard InChI is InChI=1S/C9H15F3O3S/c1-8(5-3-2-4-6-8)7-15-16(13,14)9(10,11)12/h2-7H2,1H3. The Bertz CT molecular complexity index is 328. The van der Waals surface area contributed by atoms with Gasteiger partial charge in [-0.2, -0.15) is 21.6 Å². The van der Waals surface area contributed by atoms with Crippen molar-refractivity contribution in [2.45, 2.75) is 44.5 Å². The molecular formula is C9H15F3O3S. The van der Waals surface area contributed by atoms with Crippen LogP contribution in [-0.4, -0.2) is 20.5 Å². The van der Waals surface area contributed by atoms with Crippen LogP contribution in [0, 0.1) is 5.41 Å². The largest absolute Gasteiger partial charge is 0.523 e. The predicted molar refractivity (Wildman–Crippen MR) is 52.1 cm³/mol. The minimum atomic E-state index is -5.44. The quantitative estimate of drug-likeness (QED) is 0.579. The summed E-state index contributed by atoms with van der Waals surface area (Å²) >= 11 is 0. The second kappa shape index (κ2) is 4.52. The summed E-state index contributed by atoms with van der Waals surface area (Å²) in [4.78, 5) is 0. The van der Waals surface area contributed by atoms with E-state index in [9.17, 15) is 21.6 Å². The molecule has 16 heavy (non-hydrogen) atoms. The van der Waals surface area contributed by atoms with Gasteiger partial charge in [0.15, 0.2) is 0 Å². The van der Waals surface area contributed by atoms with Crippen LogP contribution in [-0.2, 0) is 14.3 Å². The first-order valence-corrected chi connectivity index (χ1v) is 6.53. The zero-order chi connectivity index (χ0) is 12.4. The molecule has 0 unspecified atom stereocenters. The highest BCUT2D eigenvalue weighted by Gasteiger charge is 2.48. The second-order valence-electron chi connectivity index (χ2n) is 4.53. The first kappa shape index (κ1) is 13.8. The van der Waals surface area contributed by atoms with Gasteiger partial charge in [-0.15, -0.1) is 0 Å².